The predicted molar refractivity (Wildman–Crippen MR) is 86.6 cm³/mol. The van der Waals surface area contributed by atoms with Gasteiger partial charge in [-0.2, -0.15) is 0 Å². The molecule has 0 radical (unpaired) electrons. The Morgan fingerprint density at radius 2 is 1.95 bits per heavy atom. The highest BCUT2D eigenvalue weighted by Gasteiger charge is 2.10. The van der Waals surface area contributed by atoms with Gasteiger partial charge in [-0.1, -0.05) is 6.07 Å². The first kappa shape index (κ1) is 13.2. The molecular weight excluding hydrogens is 262 g/mol. The Kier molecular flexibility index (Phi) is 3.14. The monoisotopic (exact) mass is 279 g/mol. The fraction of sp³-hybridized carbons (Fsp3) is 0.118. The molecule has 1 amide bonds. The lowest BCUT2D eigenvalue weighted by Crippen LogP contribution is -2.11. The molecule has 4 nitrogen and oxygen atoms in total. The van der Waals surface area contributed by atoms with Gasteiger partial charge in [0.25, 0.3) is 5.91 Å². The third-order valence-corrected chi connectivity index (χ3v) is 3.71. The maximum absolute atomic E-state index is 12.3. The molecule has 106 valence electrons. The molecule has 3 rings (SSSR count). The summed E-state index contributed by atoms with van der Waals surface area (Å²) in [6.07, 6.45) is 0. The molecule has 0 aliphatic heterocycles. The first-order valence-corrected chi connectivity index (χ1v) is 6.80. The van der Waals surface area contributed by atoms with Crippen molar-refractivity contribution in [3.05, 3.63) is 59.3 Å². The standard InChI is InChI=1S/C17H17N3O/c1-10-11(2)19-16-7-6-12(8-15(10)16)17(21)20-14-5-3-4-13(18)9-14/h3-9,19H,18H2,1-2H3,(H,20,21). The number of carbonyl (C=O) groups is 1. The van der Waals surface area contributed by atoms with Crippen molar-refractivity contribution in [2.45, 2.75) is 13.8 Å². The second-order valence-corrected chi connectivity index (χ2v) is 5.21. The van der Waals surface area contributed by atoms with Gasteiger partial charge in [-0.3, -0.25) is 4.79 Å². The number of amides is 1. The molecule has 0 aliphatic carbocycles. The Bertz CT molecular complexity index is 833. The molecule has 0 fully saturated rings. The van der Waals surface area contributed by atoms with Crippen molar-refractivity contribution in [1.29, 1.82) is 0 Å². The minimum absolute atomic E-state index is 0.138. The highest BCUT2D eigenvalue weighted by atomic mass is 16.1. The van der Waals surface area contributed by atoms with Gasteiger partial charge in [0.1, 0.15) is 0 Å². The minimum Gasteiger partial charge on any atom is -0.399 e. The van der Waals surface area contributed by atoms with E-state index >= 15 is 0 Å². The summed E-state index contributed by atoms with van der Waals surface area (Å²) in [6.45, 7) is 4.08. The summed E-state index contributed by atoms with van der Waals surface area (Å²) in [7, 11) is 0. The van der Waals surface area contributed by atoms with E-state index in [-0.39, 0.29) is 5.91 Å². The molecule has 2 aromatic carbocycles. The number of aromatic nitrogens is 1. The molecular formula is C17H17N3O. The third-order valence-electron chi connectivity index (χ3n) is 3.71. The SMILES string of the molecule is Cc1[nH]c2ccc(C(=O)Nc3cccc(N)c3)cc2c1C. The molecule has 0 atom stereocenters. The number of benzene rings is 2. The average Bonchev–Trinajstić information content (AvgIpc) is 2.74. The van der Waals surface area contributed by atoms with Crippen LogP contribution in [0.1, 0.15) is 21.6 Å². The van der Waals surface area contributed by atoms with Gasteiger partial charge in [0, 0.05) is 33.5 Å². The number of fused-ring (bicyclic) bond motifs is 1. The summed E-state index contributed by atoms with van der Waals surface area (Å²) >= 11 is 0. The Morgan fingerprint density at radius 1 is 1.14 bits per heavy atom. The van der Waals surface area contributed by atoms with Gasteiger partial charge < -0.3 is 16.0 Å². The van der Waals surface area contributed by atoms with E-state index in [2.05, 4.69) is 10.3 Å². The van der Waals surface area contributed by atoms with Crippen molar-refractivity contribution in [1.82, 2.24) is 4.98 Å². The van der Waals surface area contributed by atoms with Crippen molar-refractivity contribution in [2.24, 2.45) is 0 Å². The second kappa shape index (κ2) is 4.98. The zero-order chi connectivity index (χ0) is 15.0. The van der Waals surface area contributed by atoms with E-state index in [4.69, 9.17) is 5.73 Å². The first-order valence-electron chi connectivity index (χ1n) is 6.80. The molecule has 0 aliphatic rings. The molecule has 0 saturated heterocycles. The second-order valence-electron chi connectivity index (χ2n) is 5.21. The summed E-state index contributed by atoms with van der Waals surface area (Å²) < 4.78 is 0. The Morgan fingerprint density at radius 3 is 2.71 bits per heavy atom. The number of aryl methyl sites for hydroxylation is 2. The fourth-order valence-corrected chi connectivity index (χ4v) is 2.42. The molecule has 0 spiro atoms. The number of anilines is 2. The van der Waals surface area contributed by atoms with Crippen LogP contribution in [0.3, 0.4) is 0 Å². The first-order chi connectivity index (χ1) is 10.0. The van der Waals surface area contributed by atoms with E-state index in [1.54, 1.807) is 12.1 Å². The van der Waals surface area contributed by atoms with Crippen LogP contribution >= 0.6 is 0 Å². The van der Waals surface area contributed by atoms with E-state index in [1.165, 1.54) is 5.56 Å². The van der Waals surface area contributed by atoms with Gasteiger partial charge in [0.15, 0.2) is 0 Å². The van der Waals surface area contributed by atoms with Crippen molar-refractivity contribution >= 4 is 28.2 Å². The number of rotatable bonds is 2. The van der Waals surface area contributed by atoms with Crippen LogP contribution in [0.4, 0.5) is 11.4 Å². The largest absolute Gasteiger partial charge is 0.399 e. The van der Waals surface area contributed by atoms with E-state index in [1.807, 2.05) is 44.2 Å². The van der Waals surface area contributed by atoms with Crippen LogP contribution in [0.25, 0.3) is 10.9 Å². The number of H-pyrrole nitrogens is 1. The molecule has 3 aromatic rings. The summed E-state index contributed by atoms with van der Waals surface area (Å²) in [4.78, 5) is 15.6. The minimum atomic E-state index is -0.138. The molecule has 0 bridgehead atoms. The number of hydrogen-bond donors (Lipinski definition) is 3. The highest BCUT2D eigenvalue weighted by Crippen LogP contribution is 2.23. The zero-order valence-corrected chi connectivity index (χ0v) is 12.0. The van der Waals surface area contributed by atoms with E-state index in [0.717, 1.165) is 16.6 Å². The number of hydrogen-bond acceptors (Lipinski definition) is 2. The van der Waals surface area contributed by atoms with E-state index in [9.17, 15) is 4.79 Å². The van der Waals surface area contributed by atoms with Gasteiger partial charge in [0.2, 0.25) is 0 Å². The number of aromatic amines is 1. The quantitative estimate of drug-likeness (QED) is 0.627. The highest BCUT2D eigenvalue weighted by molar-refractivity contribution is 6.06. The van der Waals surface area contributed by atoms with Crippen LogP contribution in [-0.2, 0) is 0 Å². The van der Waals surface area contributed by atoms with Crippen molar-refractivity contribution in [3.63, 3.8) is 0 Å². The van der Waals surface area contributed by atoms with Crippen LogP contribution in [0.15, 0.2) is 42.5 Å². The smallest absolute Gasteiger partial charge is 0.255 e. The van der Waals surface area contributed by atoms with Gasteiger partial charge in [-0.15, -0.1) is 0 Å². The lowest BCUT2D eigenvalue weighted by atomic mass is 10.1. The number of carbonyl (C=O) groups excluding carboxylic acids is 1. The van der Waals surface area contributed by atoms with Crippen LogP contribution in [0.5, 0.6) is 0 Å². The van der Waals surface area contributed by atoms with Gasteiger partial charge in [-0.05, 0) is 55.8 Å². The topological polar surface area (TPSA) is 70.9 Å². The van der Waals surface area contributed by atoms with Gasteiger partial charge >= 0.3 is 0 Å². The number of nitrogens with one attached hydrogen (secondary N) is 2. The van der Waals surface area contributed by atoms with Gasteiger partial charge in [0.05, 0.1) is 0 Å². The fourth-order valence-electron chi connectivity index (χ4n) is 2.42. The van der Waals surface area contributed by atoms with E-state index in [0.29, 0.717) is 16.9 Å². The van der Waals surface area contributed by atoms with E-state index < -0.39 is 0 Å². The van der Waals surface area contributed by atoms with Gasteiger partial charge in [-0.25, -0.2) is 0 Å². The van der Waals surface area contributed by atoms with Crippen LogP contribution in [0.2, 0.25) is 0 Å². The van der Waals surface area contributed by atoms with Crippen molar-refractivity contribution in [2.75, 3.05) is 11.1 Å². The maximum atomic E-state index is 12.3. The average molecular weight is 279 g/mol. The number of nitrogen functional groups attached to an aromatic ring is 1. The van der Waals surface area contributed by atoms with Crippen molar-refractivity contribution < 1.29 is 4.79 Å². The molecule has 0 saturated carbocycles. The lowest BCUT2D eigenvalue weighted by Gasteiger charge is -2.06. The summed E-state index contributed by atoms with van der Waals surface area (Å²) in [5.74, 6) is -0.138. The summed E-state index contributed by atoms with van der Waals surface area (Å²) in [5, 5.41) is 3.94. The summed E-state index contributed by atoms with van der Waals surface area (Å²) in [6, 6.07) is 12.8. The normalized spacial score (nSPS) is 10.8. The predicted octanol–water partition coefficient (Wildman–Crippen LogP) is 3.62. The van der Waals surface area contributed by atoms with Crippen molar-refractivity contribution in [3.8, 4) is 0 Å². The molecule has 4 N–H and O–H groups in total. The lowest BCUT2D eigenvalue weighted by molar-refractivity contribution is 0.102. The Labute approximate surface area is 123 Å². The Hall–Kier alpha value is -2.75. The third kappa shape index (κ3) is 2.48. The molecule has 1 heterocycles. The van der Waals surface area contributed by atoms with Crippen LogP contribution in [-0.4, -0.2) is 10.9 Å². The molecule has 1 aromatic heterocycles. The molecule has 4 heteroatoms. The van der Waals surface area contributed by atoms with Crippen LogP contribution in [0, 0.1) is 13.8 Å². The zero-order valence-electron chi connectivity index (χ0n) is 12.0. The van der Waals surface area contributed by atoms with Crippen LogP contribution < -0.4 is 11.1 Å². The molecule has 21 heavy (non-hydrogen) atoms. The number of nitrogens with two attached hydrogens (primary N) is 1. The summed E-state index contributed by atoms with van der Waals surface area (Å²) in [5.41, 5.74) is 11.0. The Balaban J connectivity index is 1.92. The maximum Gasteiger partial charge on any atom is 0.255 e. The molecule has 0 unspecified atom stereocenters.